The van der Waals surface area contributed by atoms with Gasteiger partial charge in [0, 0.05) is 23.1 Å². The van der Waals surface area contributed by atoms with Crippen LogP contribution >= 0.6 is 15.9 Å². The molecule has 1 heterocycles. The average Bonchev–Trinajstić information content (AvgIpc) is 2.53. The topological polar surface area (TPSA) is 61.4 Å². The number of likely N-dealkylation sites (tertiary alicyclic amines) is 1. The zero-order chi connectivity index (χ0) is 16.1. The summed E-state index contributed by atoms with van der Waals surface area (Å²) in [6.45, 7) is 3.45. The SMILES string of the molecule is CNC(=O)C1CCN([C@@H](C)C(=O)Nc2cccc(Br)c2)CC1. The Morgan fingerprint density at radius 1 is 1.32 bits per heavy atom. The van der Waals surface area contributed by atoms with Gasteiger partial charge in [-0.2, -0.15) is 0 Å². The van der Waals surface area contributed by atoms with Gasteiger partial charge in [0.2, 0.25) is 11.8 Å². The largest absolute Gasteiger partial charge is 0.359 e. The lowest BCUT2D eigenvalue weighted by atomic mass is 9.95. The molecule has 1 aliphatic heterocycles. The van der Waals surface area contributed by atoms with Crippen molar-refractivity contribution in [3.63, 3.8) is 0 Å². The number of hydrogen-bond donors (Lipinski definition) is 2. The minimum absolute atomic E-state index is 0.0171. The summed E-state index contributed by atoms with van der Waals surface area (Å²) in [7, 11) is 1.67. The van der Waals surface area contributed by atoms with Crippen molar-refractivity contribution in [3.8, 4) is 0 Å². The fraction of sp³-hybridized carbons (Fsp3) is 0.500. The van der Waals surface area contributed by atoms with Crippen LogP contribution in [0.5, 0.6) is 0 Å². The van der Waals surface area contributed by atoms with Crippen LogP contribution in [0.15, 0.2) is 28.7 Å². The highest BCUT2D eigenvalue weighted by Crippen LogP contribution is 2.20. The van der Waals surface area contributed by atoms with Gasteiger partial charge in [-0.15, -0.1) is 0 Å². The van der Waals surface area contributed by atoms with E-state index < -0.39 is 0 Å². The number of hydrogen-bond acceptors (Lipinski definition) is 3. The van der Waals surface area contributed by atoms with E-state index in [1.807, 2.05) is 31.2 Å². The molecule has 0 saturated carbocycles. The Balaban J connectivity index is 1.88. The van der Waals surface area contributed by atoms with Crippen LogP contribution in [0.25, 0.3) is 0 Å². The second-order valence-corrected chi connectivity index (χ2v) is 6.52. The Morgan fingerprint density at radius 2 is 2.00 bits per heavy atom. The molecule has 0 radical (unpaired) electrons. The van der Waals surface area contributed by atoms with E-state index in [0.29, 0.717) is 0 Å². The standard InChI is InChI=1S/C16H22BrN3O2/c1-11(15(21)19-14-5-3-4-13(17)10-14)20-8-6-12(7-9-20)16(22)18-2/h3-5,10-12H,6-9H2,1-2H3,(H,18,22)(H,19,21)/t11-/m0/s1. The van der Waals surface area contributed by atoms with Gasteiger partial charge in [-0.25, -0.2) is 0 Å². The molecule has 0 aromatic heterocycles. The van der Waals surface area contributed by atoms with Crippen LogP contribution in [0.3, 0.4) is 0 Å². The maximum absolute atomic E-state index is 12.3. The molecule has 6 heteroatoms. The van der Waals surface area contributed by atoms with Crippen LogP contribution in [0.2, 0.25) is 0 Å². The second-order valence-electron chi connectivity index (χ2n) is 5.60. The van der Waals surface area contributed by atoms with Crippen molar-refractivity contribution in [3.05, 3.63) is 28.7 Å². The van der Waals surface area contributed by atoms with E-state index in [-0.39, 0.29) is 23.8 Å². The first kappa shape index (κ1) is 17.0. The number of nitrogens with zero attached hydrogens (tertiary/aromatic N) is 1. The average molecular weight is 368 g/mol. The number of carbonyl (C=O) groups excluding carboxylic acids is 2. The predicted octanol–water partition coefficient (Wildman–Crippen LogP) is 2.23. The molecule has 22 heavy (non-hydrogen) atoms. The summed E-state index contributed by atoms with van der Waals surface area (Å²) in [5, 5.41) is 5.63. The van der Waals surface area contributed by atoms with Crippen molar-refractivity contribution in [2.45, 2.75) is 25.8 Å². The number of nitrogens with one attached hydrogen (secondary N) is 2. The molecule has 1 aromatic carbocycles. The first-order valence-corrected chi connectivity index (χ1v) is 8.32. The van der Waals surface area contributed by atoms with Crippen molar-refractivity contribution >= 4 is 33.4 Å². The number of benzene rings is 1. The van der Waals surface area contributed by atoms with E-state index in [0.717, 1.165) is 36.1 Å². The summed E-state index contributed by atoms with van der Waals surface area (Å²) in [6, 6.07) is 7.35. The maximum atomic E-state index is 12.3. The molecule has 2 amide bonds. The van der Waals surface area contributed by atoms with Crippen LogP contribution in [0.4, 0.5) is 5.69 Å². The van der Waals surface area contributed by atoms with Crippen molar-refractivity contribution < 1.29 is 9.59 Å². The fourth-order valence-electron chi connectivity index (χ4n) is 2.73. The molecular formula is C16H22BrN3O2. The molecule has 5 nitrogen and oxygen atoms in total. The number of anilines is 1. The Bertz CT molecular complexity index is 542. The van der Waals surface area contributed by atoms with E-state index >= 15 is 0 Å². The van der Waals surface area contributed by atoms with E-state index in [2.05, 4.69) is 31.5 Å². The summed E-state index contributed by atoms with van der Waals surface area (Å²) in [5.41, 5.74) is 0.784. The summed E-state index contributed by atoms with van der Waals surface area (Å²) in [4.78, 5) is 26.1. The van der Waals surface area contributed by atoms with Gasteiger partial charge >= 0.3 is 0 Å². The van der Waals surface area contributed by atoms with Gasteiger partial charge in [-0.3, -0.25) is 14.5 Å². The molecule has 1 atom stereocenters. The van der Waals surface area contributed by atoms with E-state index in [9.17, 15) is 9.59 Å². The van der Waals surface area contributed by atoms with Crippen LogP contribution < -0.4 is 10.6 Å². The lowest BCUT2D eigenvalue weighted by Crippen LogP contribution is -2.47. The van der Waals surface area contributed by atoms with Crippen molar-refractivity contribution in [1.82, 2.24) is 10.2 Å². The summed E-state index contributed by atoms with van der Waals surface area (Å²) >= 11 is 3.39. The van der Waals surface area contributed by atoms with E-state index in [1.54, 1.807) is 7.05 Å². The molecule has 120 valence electrons. The number of amides is 2. The molecule has 2 rings (SSSR count). The first-order chi connectivity index (χ1) is 10.5. The smallest absolute Gasteiger partial charge is 0.241 e. The Morgan fingerprint density at radius 3 is 2.59 bits per heavy atom. The van der Waals surface area contributed by atoms with Crippen LogP contribution in [0.1, 0.15) is 19.8 Å². The summed E-state index contributed by atoms with van der Waals surface area (Å²) < 4.78 is 0.935. The highest BCUT2D eigenvalue weighted by atomic mass is 79.9. The highest BCUT2D eigenvalue weighted by Gasteiger charge is 2.29. The molecular weight excluding hydrogens is 346 g/mol. The molecule has 0 aliphatic carbocycles. The third-order valence-electron chi connectivity index (χ3n) is 4.17. The monoisotopic (exact) mass is 367 g/mol. The third kappa shape index (κ3) is 4.30. The molecule has 2 N–H and O–H groups in total. The lowest BCUT2D eigenvalue weighted by Gasteiger charge is -2.34. The third-order valence-corrected chi connectivity index (χ3v) is 4.66. The number of carbonyl (C=O) groups is 2. The number of halogens is 1. The normalized spacial score (nSPS) is 17.8. The summed E-state index contributed by atoms with van der Waals surface area (Å²) in [6.07, 6.45) is 1.60. The van der Waals surface area contributed by atoms with Gasteiger partial charge in [0.05, 0.1) is 6.04 Å². The number of piperidine rings is 1. The zero-order valence-corrected chi connectivity index (χ0v) is 14.5. The van der Waals surface area contributed by atoms with Crippen molar-refractivity contribution in [1.29, 1.82) is 0 Å². The fourth-order valence-corrected chi connectivity index (χ4v) is 3.13. The highest BCUT2D eigenvalue weighted by molar-refractivity contribution is 9.10. The lowest BCUT2D eigenvalue weighted by molar-refractivity contribution is -0.126. The van der Waals surface area contributed by atoms with Crippen LogP contribution in [-0.4, -0.2) is 42.9 Å². The molecule has 1 saturated heterocycles. The molecule has 0 bridgehead atoms. The van der Waals surface area contributed by atoms with Crippen LogP contribution in [-0.2, 0) is 9.59 Å². The van der Waals surface area contributed by atoms with Gasteiger partial charge in [-0.05, 0) is 51.1 Å². The van der Waals surface area contributed by atoms with Crippen molar-refractivity contribution in [2.24, 2.45) is 5.92 Å². The van der Waals surface area contributed by atoms with Crippen molar-refractivity contribution in [2.75, 3.05) is 25.5 Å². The number of rotatable bonds is 4. The van der Waals surface area contributed by atoms with Crippen LogP contribution in [0, 0.1) is 5.92 Å². The van der Waals surface area contributed by atoms with Gasteiger partial charge in [0.1, 0.15) is 0 Å². The summed E-state index contributed by atoms with van der Waals surface area (Å²) in [5.74, 6) is 0.156. The van der Waals surface area contributed by atoms with E-state index in [4.69, 9.17) is 0 Å². The molecule has 0 spiro atoms. The van der Waals surface area contributed by atoms with E-state index in [1.165, 1.54) is 0 Å². The van der Waals surface area contributed by atoms with Gasteiger partial charge in [-0.1, -0.05) is 22.0 Å². The van der Waals surface area contributed by atoms with Gasteiger partial charge in [0.25, 0.3) is 0 Å². The Labute approximate surface area is 139 Å². The second kappa shape index (κ2) is 7.74. The first-order valence-electron chi connectivity index (χ1n) is 7.53. The van der Waals surface area contributed by atoms with Gasteiger partial charge < -0.3 is 10.6 Å². The quantitative estimate of drug-likeness (QED) is 0.857. The minimum Gasteiger partial charge on any atom is -0.359 e. The zero-order valence-electron chi connectivity index (χ0n) is 12.9. The maximum Gasteiger partial charge on any atom is 0.241 e. The van der Waals surface area contributed by atoms with Gasteiger partial charge in [0.15, 0.2) is 0 Å². The molecule has 1 aromatic rings. The molecule has 0 unspecified atom stereocenters. The molecule has 1 aliphatic rings. The predicted molar refractivity (Wildman–Crippen MR) is 90.6 cm³/mol. The Hall–Kier alpha value is -1.40. The minimum atomic E-state index is -0.204. The molecule has 1 fully saturated rings. The Kier molecular flexibility index (Phi) is 5.97.